The molecule has 5 nitrogen and oxygen atoms in total. The lowest BCUT2D eigenvalue weighted by molar-refractivity contribution is 0.102. The number of halogens is 2. The molecule has 7 heteroatoms. The van der Waals surface area contributed by atoms with E-state index in [0.29, 0.717) is 30.3 Å². The maximum Gasteiger partial charge on any atom is 0.262 e. The number of benzene rings is 1. The summed E-state index contributed by atoms with van der Waals surface area (Å²) in [5, 5.41) is 6.91. The van der Waals surface area contributed by atoms with Gasteiger partial charge in [0.15, 0.2) is 0 Å². The molecule has 0 aliphatic heterocycles. The van der Waals surface area contributed by atoms with Crippen LogP contribution in [0.25, 0.3) is 0 Å². The first-order valence-electron chi connectivity index (χ1n) is 7.51. The highest BCUT2D eigenvalue weighted by molar-refractivity contribution is 6.31. The van der Waals surface area contributed by atoms with E-state index < -0.39 is 5.82 Å². The predicted octanol–water partition coefficient (Wildman–Crippen LogP) is 4.13. The van der Waals surface area contributed by atoms with Crippen molar-refractivity contribution in [2.24, 2.45) is 0 Å². The summed E-state index contributed by atoms with van der Waals surface area (Å²) < 4.78 is 20.4. The third-order valence-electron chi connectivity index (χ3n) is 3.05. The molecule has 23 heavy (non-hydrogen) atoms. The molecule has 2 rings (SSSR count). The molecule has 0 bridgehead atoms. The Hall–Kier alpha value is -2.08. The summed E-state index contributed by atoms with van der Waals surface area (Å²) in [6.07, 6.45) is 3.35. The summed E-state index contributed by atoms with van der Waals surface area (Å²) in [4.78, 5) is 12.4. The molecule has 1 N–H and O–H groups in total. The molecule has 1 heterocycles. The summed E-state index contributed by atoms with van der Waals surface area (Å²) in [6, 6.07) is 4.01. The van der Waals surface area contributed by atoms with Crippen LogP contribution in [0.1, 0.15) is 37.0 Å². The molecule has 124 valence electrons. The van der Waals surface area contributed by atoms with Gasteiger partial charge in [0.05, 0.1) is 11.6 Å². The monoisotopic (exact) mass is 339 g/mol. The fourth-order valence-corrected chi connectivity index (χ4v) is 2.16. The molecule has 1 amide bonds. The van der Waals surface area contributed by atoms with Crippen molar-refractivity contribution in [3.8, 4) is 5.88 Å². The average Bonchev–Trinajstić information content (AvgIpc) is 2.92. The highest BCUT2D eigenvalue weighted by Gasteiger charge is 2.18. The molecular formula is C16H19ClFN3O2. The van der Waals surface area contributed by atoms with Crippen LogP contribution in [0.2, 0.25) is 5.02 Å². The zero-order valence-electron chi connectivity index (χ0n) is 13.1. The molecule has 0 saturated heterocycles. The van der Waals surface area contributed by atoms with Gasteiger partial charge >= 0.3 is 0 Å². The van der Waals surface area contributed by atoms with Crippen LogP contribution in [0.5, 0.6) is 5.88 Å². The lowest BCUT2D eigenvalue weighted by Gasteiger charge is -2.06. The Kier molecular flexibility index (Phi) is 5.98. The van der Waals surface area contributed by atoms with Crippen LogP contribution in [-0.4, -0.2) is 22.3 Å². The van der Waals surface area contributed by atoms with E-state index in [-0.39, 0.29) is 10.9 Å². The molecule has 1 aromatic heterocycles. The summed E-state index contributed by atoms with van der Waals surface area (Å²) in [6.45, 7) is 5.17. The van der Waals surface area contributed by atoms with Gasteiger partial charge in [0.1, 0.15) is 11.4 Å². The Morgan fingerprint density at radius 3 is 2.83 bits per heavy atom. The maximum atomic E-state index is 13.2. The summed E-state index contributed by atoms with van der Waals surface area (Å²) >= 11 is 5.72. The van der Waals surface area contributed by atoms with Crippen molar-refractivity contribution in [3.63, 3.8) is 0 Å². The standard InChI is InChI=1S/C16H19ClFN3O2/c1-3-7-21-10-12(16(20-21)23-8-4-2)15(22)19-11-5-6-14(18)13(17)9-11/h5-6,9-10H,3-4,7-8H2,1-2H3,(H,19,22). The largest absolute Gasteiger partial charge is 0.476 e. The van der Waals surface area contributed by atoms with E-state index in [1.807, 2.05) is 13.8 Å². The number of nitrogens with one attached hydrogen (secondary N) is 1. The number of carbonyl (C=O) groups is 1. The number of hydrogen-bond donors (Lipinski definition) is 1. The Bertz CT molecular complexity index is 688. The van der Waals surface area contributed by atoms with Crippen LogP contribution in [0.4, 0.5) is 10.1 Å². The van der Waals surface area contributed by atoms with E-state index in [4.69, 9.17) is 16.3 Å². The molecule has 1 aromatic carbocycles. The topological polar surface area (TPSA) is 56.2 Å². The molecule has 0 unspecified atom stereocenters. The van der Waals surface area contributed by atoms with Crippen molar-refractivity contribution in [1.82, 2.24) is 9.78 Å². The molecule has 2 aromatic rings. The van der Waals surface area contributed by atoms with Crippen LogP contribution in [0, 0.1) is 5.82 Å². The van der Waals surface area contributed by atoms with Gasteiger partial charge in [-0.2, -0.15) is 0 Å². The first kappa shape index (κ1) is 17.3. The molecule has 0 spiro atoms. The van der Waals surface area contributed by atoms with Crippen molar-refractivity contribution in [2.45, 2.75) is 33.2 Å². The van der Waals surface area contributed by atoms with Crippen molar-refractivity contribution < 1.29 is 13.9 Å². The number of amides is 1. The third-order valence-corrected chi connectivity index (χ3v) is 3.34. The summed E-state index contributed by atoms with van der Waals surface area (Å²) in [5.41, 5.74) is 0.749. The summed E-state index contributed by atoms with van der Waals surface area (Å²) in [7, 11) is 0. The number of hydrogen-bond acceptors (Lipinski definition) is 3. The van der Waals surface area contributed by atoms with Crippen molar-refractivity contribution in [2.75, 3.05) is 11.9 Å². The van der Waals surface area contributed by atoms with Crippen LogP contribution < -0.4 is 10.1 Å². The minimum atomic E-state index is -0.535. The fourth-order valence-electron chi connectivity index (χ4n) is 1.98. The number of rotatable bonds is 7. The number of aromatic nitrogens is 2. The van der Waals surface area contributed by atoms with Gasteiger partial charge in [-0.1, -0.05) is 25.4 Å². The number of aryl methyl sites for hydroxylation is 1. The molecular weight excluding hydrogens is 321 g/mol. The second-order valence-corrected chi connectivity index (χ2v) is 5.45. The Labute approximate surface area is 139 Å². The first-order chi connectivity index (χ1) is 11.0. The molecule has 0 aliphatic carbocycles. The van der Waals surface area contributed by atoms with Gasteiger partial charge < -0.3 is 10.1 Å². The van der Waals surface area contributed by atoms with Crippen LogP contribution in [0.3, 0.4) is 0 Å². The van der Waals surface area contributed by atoms with Crippen molar-refractivity contribution in [3.05, 3.63) is 40.8 Å². The van der Waals surface area contributed by atoms with Crippen molar-refractivity contribution >= 4 is 23.2 Å². The zero-order valence-corrected chi connectivity index (χ0v) is 13.9. The highest BCUT2D eigenvalue weighted by Crippen LogP contribution is 2.22. The van der Waals surface area contributed by atoms with Crippen LogP contribution >= 0.6 is 11.6 Å². The quantitative estimate of drug-likeness (QED) is 0.825. The SMILES string of the molecule is CCCOc1nn(CCC)cc1C(=O)Nc1ccc(F)c(Cl)c1. The van der Waals surface area contributed by atoms with E-state index in [1.165, 1.54) is 18.2 Å². The van der Waals surface area contributed by atoms with Gasteiger partial charge in [-0.05, 0) is 31.0 Å². The summed E-state index contributed by atoms with van der Waals surface area (Å²) in [5.74, 6) is -0.612. The van der Waals surface area contributed by atoms with E-state index in [0.717, 1.165) is 12.8 Å². The molecule has 0 saturated carbocycles. The van der Waals surface area contributed by atoms with Gasteiger partial charge in [-0.15, -0.1) is 5.10 Å². The van der Waals surface area contributed by atoms with Crippen molar-refractivity contribution in [1.29, 1.82) is 0 Å². The first-order valence-corrected chi connectivity index (χ1v) is 7.89. The Morgan fingerprint density at radius 2 is 2.17 bits per heavy atom. The Morgan fingerprint density at radius 1 is 1.39 bits per heavy atom. The fraction of sp³-hybridized carbons (Fsp3) is 0.375. The second kappa shape index (κ2) is 7.97. The average molecular weight is 340 g/mol. The number of ether oxygens (including phenoxy) is 1. The molecule has 0 aliphatic rings. The third kappa shape index (κ3) is 4.45. The zero-order chi connectivity index (χ0) is 16.8. The molecule has 0 radical (unpaired) electrons. The smallest absolute Gasteiger partial charge is 0.262 e. The highest BCUT2D eigenvalue weighted by atomic mass is 35.5. The van der Waals surface area contributed by atoms with Crippen LogP contribution in [0.15, 0.2) is 24.4 Å². The van der Waals surface area contributed by atoms with Gasteiger partial charge in [-0.25, -0.2) is 4.39 Å². The van der Waals surface area contributed by atoms with Gasteiger partial charge in [0.2, 0.25) is 5.88 Å². The van der Waals surface area contributed by atoms with E-state index in [9.17, 15) is 9.18 Å². The normalized spacial score (nSPS) is 10.6. The lowest BCUT2D eigenvalue weighted by Crippen LogP contribution is -2.13. The maximum absolute atomic E-state index is 13.2. The lowest BCUT2D eigenvalue weighted by atomic mass is 10.2. The number of nitrogens with zero attached hydrogens (tertiary/aromatic N) is 2. The van der Waals surface area contributed by atoms with Crippen LogP contribution in [-0.2, 0) is 6.54 Å². The molecule has 0 atom stereocenters. The van der Waals surface area contributed by atoms with Gasteiger partial charge in [0, 0.05) is 18.4 Å². The second-order valence-electron chi connectivity index (χ2n) is 5.04. The molecule has 0 fully saturated rings. The Balaban J connectivity index is 2.20. The number of carbonyl (C=O) groups excluding carboxylic acids is 1. The van der Waals surface area contributed by atoms with Gasteiger partial charge in [0.25, 0.3) is 5.91 Å². The number of anilines is 1. The van der Waals surface area contributed by atoms with E-state index in [2.05, 4.69) is 10.4 Å². The van der Waals surface area contributed by atoms with E-state index in [1.54, 1.807) is 10.9 Å². The predicted molar refractivity (Wildman–Crippen MR) is 87.7 cm³/mol. The van der Waals surface area contributed by atoms with E-state index >= 15 is 0 Å². The minimum absolute atomic E-state index is 0.0491. The van der Waals surface area contributed by atoms with Gasteiger partial charge in [-0.3, -0.25) is 9.48 Å². The minimum Gasteiger partial charge on any atom is -0.476 e.